The lowest BCUT2D eigenvalue weighted by Gasteiger charge is -2.18. The molecule has 2 nitrogen and oxygen atoms in total. The molecule has 0 atom stereocenters. The first-order valence-corrected chi connectivity index (χ1v) is 7.16. The molecule has 3 aromatic rings. The molecule has 3 rings (SSSR count). The fourth-order valence-electron chi connectivity index (χ4n) is 2.71. The molecule has 0 aromatic heterocycles. The molecule has 0 spiro atoms. The van der Waals surface area contributed by atoms with Crippen LogP contribution in [-0.2, 0) is 13.1 Å². The molecule has 0 amide bonds. The summed E-state index contributed by atoms with van der Waals surface area (Å²) in [5.41, 5.74) is 2.27. The number of hydrogen-bond donors (Lipinski definition) is 1. The van der Waals surface area contributed by atoms with Crippen LogP contribution in [0.25, 0.3) is 10.8 Å². The minimum atomic E-state index is 0.363. The first-order valence-electron chi connectivity index (χ1n) is 7.16. The van der Waals surface area contributed by atoms with E-state index < -0.39 is 0 Å². The smallest absolute Gasteiger partial charge is 0.120 e. The van der Waals surface area contributed by atoms with Gasteiger partial charge in [-0.3, -0.25) is 4.90 Å². The molecule has 0 radical (unpaired) electrons. The molecule has 0 saturated carbocycles. The van der Waals surface area contributed by atoms with E-state index in [1.807, 2.05) is 18.2 Å². The van der Waals surface area contributed by atoms with Crippen molar-refractivity contribution in [2.75, 3.05) is 7.05 Å². The van der Waals surface area contributed by atoms with Gasteiger partial charge < -0.3 is 5.11 Å². The Bertz CT molecular complexity index is 746. The highest BCUT2D eigenvalue weighted by Gasteiger charge is 2.07. The SMILES string of the molecule is CN(Cc1ccccc1O)Cc1cccc2ccccc12. The van der Waals surface area contributed by atoms with Crippen LogP contribution < -0.4 is 0 Å². The Morgan fingerprint density at radius 1 is 0.762 bits per heavy atom. The highest BCUT2D eigenvalue weighted by atomic mass is 16.3. The van der Waals surface area contributed by atoms with E-state index in [0.29, 0.717) is 5.75 Å². The van der Waals surface area contributed by atoms with E-state index in [9.17, 15) is 5.11 Å². The molecule has 3 aromatic carbocycles. The third-order valence-electron chi connectivity index (χ3n) is 3.75. The van der Waals surface area contributed by atoms with E-state index in [2.05, 4.69) is 54.4 Å². The molecule has 2 heteroatoms. The Balaban J connectivity index is 1.81. The van der Waals surface area contributed by atoms with Crippen molar-refractivity contribution in [3.63, 3.8) is 0 Å². The highest BCUT2D eigenvalue weighted by Crippen LogP contribution is 2.22. The monoisotopic (exact) mass is 277 g/mol. The number of nitrogens with zero attached hydrogens (tertiary/aromatic N) is 1. The lowest BCUT2D eigenvalue weighted by molar-refractivity contribution is 0.314. The fourth-order valence-corrected chi connectivity index (χ4v) is 2.71. The van der Waals surface area contributed by atoms with Gasteiger partial charge in [0.15, 0.2) is 0 Å². The maximum absolute atomic E-state index is 9.87. The molecule has 0 saturated heterocycles. The molecule has 0 aliphatic carbocycles. The van der Waals surface area contributed by atoms with Crippen LogP contribution in [-0.4, -0.2) is 17.1 Å². The van der Waals surface area contributed by atoms with Gasteiger partial charge in [0.25, 0.3) is 0 Å². The Kier molecular flexibility index (Phi) is 3.89. The molecule has 0 fully saturated rings. The van der Waals surface area contributed by atoms with Crippen LogP contribution in [0.1, 0.15) is 11.1 Å². The van der Waals surface area contributed by atoms with Gasteiger partial charge in [0.1, 0.15) is 5.75 Å². The maximum Gasteiger partial charge on any atom is 0.120 e. The molecule has 0 bridgehead atoms. The summed E-state index contributed by atoms with van der Waals surface area (Å²) >= 11 is 0. The van der Waals surface area contributed by atoms with Crippen LogP contribution in [0.4, 0.5) is 0 Å². The summed E-state index contributed by atoms with van der Waals surface area (Å²) in [6.45, 7) is 1.59. The number of fused-ring (bicyclic) bond motifs is 1. The third kappa shape index (κ3) is 3.06. The molecule has 0 heterocycles. The standard InChI is InChI=1S/C19H19NO/c1-20(14-17-8-3-5-12-19(17)21)13-16-10-6-9-15-7-2-4-11-18(15)16/h2-12,21H,13-14H2,1H3. The topological polar surface area (TPSA) is 23.5 Å². The molecule has 0 aliphatic rings. The van der Waals surface area contributed by atoms with E-state index in [0.717, 1.165) is 18.7 Å². The van der Waals surface area contributed by atoms with E-state index in [-0.39, 0.29) is 0 Å². The van der Waals surface area contributed by atoms with Crippen LogP contribution in [0.5, 0.6) is 5.75 Å². The number of para-hydroxylation sites is 1. The van der Waals surface area contributed by atoms with E-state index in [1.54, 1.807) is 6.07 Å². The predicted molar refractivity (Wildman–Crippen MR) is 87.2 cm³/mol. The van der Waals surface area contributed by atoms with Crippen molar-refractivity contribution in [2.24, 2.45) is 0 Å². The van der Waals surface area contributed by atoms with Crippen molar-refractivity contribution in [1.82, 2.24) is 4.90 Å². The molecule has 21 heavy (non-hydrogen) atoms. The maximum atomic E-state index is 9.87. The van der Waals surface area contributed by atoms with Crippen LogP contribution in [0, 0.1) is 0 Å². The van der Waals surface area contributed by atoms with Gasteiger partial charge in [-0.2, -0.15) is 0 Å². The molecular formula is C19H19NO. The largest absolute Gasteiger partial charge is 0.508 e. The van der Waals surface area contributed by atoms with Crippen molar-refractivity contribution in [1.29, 1.82) is 0 Å². The second-order valence-corrected chi connectivity index (χ2v) is 5.44. The summed E-state index contributed by atoms with van der Waals surface area (Å²) in [5.74, 6) is 0.363. The zero-order chi connectivity index (χ0) is 14.7. The summed E-state index contributed by atoms with van der Waals surface area (Å²) in [6.07, 6.45) is 0. The van der Waals surface area contributed by atoms with Gasteiger partial charge >= 0.3 is 0 Å². The number of benzene rings is 3. The summed E-state index contributed by atoms with van der Waals surface area (Å²) in [4.78, 5) is 2.22. The Hall–Kier alpha value is -2.32. The number of rotatable bonds is 4. The lowest BCUT2D eigenvalue weighted by atomic mass is 10.0. The number of phenols is 1. The van der Waals surface area contributed by atoms with Crippen LogP contribution in [0.15, 0.2) is 66.7 Å². The minimum Gasteiger partial charge on any atom is -0.508 e. The van der Waals surface area contributed by atoms with Gasteiger partial charge in [-0.05, 0) is 29.4 Å². The first kappa shape index (κ1) is 13.7. The zero-order valence-electron chi connectivity index (χ0n) is 12.2. The quantitative estimate of drug-likeness (QED) is 0.773. The van der Waals surface area contributed by atoms with Gasteiger partial charge in [0.05, 0.1) is 0 Å². The normalized spacial score (nSPS) is 11.1. The second kappa shape index (κ2) is 5.98. The lowest BCUT2D eigenvalue weighted by Crippen LogP contribution is -2.17. The van der Waals surface area contributed by atoms with Gasteiger partial charge in [0, 0.05) is 18.7 Å². The van der Waals surface area contributed by atoms with E-state index >= 15 is 0 Å². The number of aromatic hydroxyl groups is 1. The van der Waals surface area contributed by atoms with Crippen molar-refractivity contribution in [2.45, 2.75) is 13.1 Å². The van der Waals surface area contributed by atoms with Gasteiger partial charge in [-0.1, -0.05) is 60.7 Å². The summed E-state index contributed by atoms with van der Waals surface area (Å²) in [5, 5.41) is 12.4. The average Bonchev–Trinajstić information content (AvgIpc) is 2.50. The van der Waals surface area contributed by atoms with Crippen molar-refractivity contribution in [3.8, 4) is 5.75 Å². The predicted octanol–water partition coefficient (Wildman–Crippen LogP) is 4.18. The minimum absolute atomic E-state index is 0.363. The van der Waals surface area contributed by atoms with Crippen molar-refractivity contribution < 1.29 is 5.11 Å². The van der Waals surface area contributed by atoms with Crippen LogP contribution in [0.3, 0.4) is 0 Å². The third-order valence-corrected chi connectivity index (χ3v) is 3.75. The molecule has 0 unspecified atom stereocenters. The van der Waals surface area contributed by atoms with Crippen LogP contribution in [0.2, 0.25) is 0 Å². The summed E-state index contributed by atoms with van der Waals surface area (Å²) in [6, 6.07) is 22.4. The van der Waals surface area contributed by atoms with E-state index in [1.165, 1.54) is 16.3 Å². The molecule has 1 N–H and O–H groups in total. The molecule has 106 valence electrons. The second-order valence-electron chi connectivity index (χ2n) is 5.44. The average molecular weight is 277 g/mol. The van der Waals surface area contributed by atoms with E-state index in [4.69, 9.17) is 0 Å². The van der Waals surface area contributed by atoms with Gasteiger partial charge in [0.2, 0.25) is 0 Å². The number of phenolic OH excluding ortho intramolecular Hbond substituents is 1. The Morgan fingerprint density at radius 2 is 1.38 bits per heavy atom. The fraction of sp³-hybridized carbons (Fsp3) is 0.158. The zero-order valence-corrected chi connectivity index (χ0v) is 12.2. The summed E-state index contributed by atoms with van der Waals surface area (Å²) in [7, 11) is 2.08. The van der Waals surface area contributed by atoms with Crippen LogP contribution >= 0.6 is 0 Å². The number of hydrogen-bond acceptors (Lipinski definition) is 2. The molecule has 0 aliphatic heterocycles. The van der Waals surface area contributed by atoms with Crippen molar-refractivity contribution >= 4 is 10.8 Å². The molecular weight excluding hydrogens is 258 g/mol. The Labute approximate surface area is 125 Å². The Morgan fingerprint density at radius 3 is 2.24 bits per heavy atom. The summed E-state index contributed by atoms with van der Waals surface area (Å²) < 4.78 is 0. The first-order chi connectivity index (χ1) is 10.2. The van der Waals surface area contributed by atoms with Crippen molar-refractivity contribution in [3.05, 3.63) is 77.9 Å². The highest BCUT2D eigenvalue weighted by molar-refractivity contribution is 5.85. The van der Waals surface area contributed by atoms with Gasteiger partial charge in [-0.15, -0.1) is 0 Å². The van der Waals surface area contributed by atoms with Gasteiger partial charge in [-0.25, -0.2) is 0 Å².